The average molecular weight is 456 g/mol. The van der Waals surface area contributed by atoms with E-state index in [4.69, 9.17) is 14.5 Å². The van der Waals surface area contributed by atoms with Crippen LogP contribution < -0.4 is 14.4 Å². The maximum atomic E-state index is 12.9. The lowest BCUT2D eigenvalue weighted by atomic mass is 10.1. The molecule has 3 aromatic carbocycles. The van der Waals surface area contributed by atoms with E-state index in [2.05, 4.69) is 29.7 Å². The van der Waals surface area contributed by atoms with Gasteiger partial charge in [0.15, 0.2) is 0 Å². The molecule has 0 saturated carbocycles. The van der Waals surface area contributed by atoms with Gasteiger partial charge in [0.1, 0.15) is 17.3 Å². The summed E-state index contributed by atoms with van der Waals surface area (Å²) in [5, 5.41) is 0. The summed E-state index contributed by atoms with van der Waals surface area (Å²) in [6.07, 6.45) is 1.30. The van der Waals surface area contributed by atoms with Gasteiger partial charge in [0, 0.05) is 31.1 Å². The van der Waals surface area contributed by atoms with Crippen molar-refractivity contribution < 1.29 is 14.3 Å². The molecule has 5 rings (SSSR count). The van der Waals surface area contributed by atoms with Crippen molar-refractivity contribution in [3.8, 4) is 11.5 Å². The molecule has 0 N–H and O–H groups in total. The van der Waals surface area contributed by atoms with Crippen LogP contribution in [-0.4, -0.2) is 35.7 Å². The van der Waals surface area contributed by atoms with Crippen molar-refractivity contribution in [2.24, 2.45) is 0 Å². The number of aryl methyl sites for hydroxylation is 2. The number of anilines is 1. The van der Waals surface area contributed by atoms with E-state index in [0.29, 0.717) is 19.6 Å². The molecule has 0 unspecified atom stereocenters. The molecular weight excluding hydrogens is 426 g/mol. The fourth-order valence-corrected chi connectivity index (χ4v) is 4.65. The molecule has 1 aliphatic rings. The van der Waals surface area contributed by atoms with Crippen LogP contribution in [-0.2, 0) is 11.3 Å². The average Bonchev–Trinajstić information content (AvgIpc) is 3.42. The Hall–Kier alpha value is -3.80. The van der Waals surface area contributed by atoms with Crippen LogP contribution >= 0.6 is 0 Å². The van der Waals surface area contributed by atoms with Crippen molar-refractivity contribution in [2.45, 2.75) is 32.2 Å². The number of aromatic nitrogens is 2. The maximum absolute atomic E-state index is 12.9. The van der Waals surface area contributed by atoms with E-state index in [1.807, 2.05) is 59.5 Å². The van der Waals surface area contributed by atoms with Gasteiger partial charge in [-0.2, -0.15) is 0 Å². The number of hydrogen-bond acceptors (Lipinski definition) is 4. The van der Waals surface area contributed by atoms with Crippen molar-refractivity contribution in [3.05, 3.63) is 84.2 Å². The summed E-state index contributed by atoms with van der Waals surface area (Å²) in [6, 6.07) is 24.0. The van der Waals surface area contributed by atoms with Crippen molar-refractivity contribution in [2.75, 3.05) is 25.2 Å². The van der Waals surface area contributed by atoms with Crippen molar-refractivity contribution in [1.82, 2.24) is 9.55 Å². The second-order valence-electron chi connectivity index (χ2n) is 8.73. The Balaban J connectivity index is 1.33. The maximum Gasteiger partial charge on any atom is 0.227 e. The minimum atomic E-state index is 0.0414. The van der Waals surface area contributed by atoms with Crippen molar-refractivity contribution >= 4 is 22.6 Å². The van der Waals surface area contributed by atoms with Crippen molar-refractivity contribution in [3.63, 3.8) is 0 Å². The van der Waals surface area contributed by atoms with Gasteiger partial charge in [-0.3, -0.25) is 4.79 Å². The van der Waals surface area contributed by atoms with Gasteiger partial charge in [-0.15, -0.1) is 0 Å². The Kier molecular flexibility index (Phi) is 6.21. The highest BCUT2D eigenvalue weighted by molar-refractivity contribution is 5.96. The zero-order chi connectivity index (χ0) is 23.5. The first-order chi connectivity index (χ1) is 16.6. The Morgan fingerprint density at radius 1 is 1.00 bits per heavy atom. The lowest BCUT2D eigenvalue weighted by Gasteiger charge is -2.18. The van der Waals surface area contributed by atoms with E-state index >= 15 is 0 Å². The number of methoxy groups -OCH3 is 1. The third kappa shape index (κ3) is 4.49. The van der Waals surface area contributed by atoms with Crippen LogP contribution in [0.1, 0.15) is 30.1 Å². The van der Waals surface area contributed by atoms with Gasteiger partial charge in [0.25, 0.3) is 0 Å². The Morgan fingerprint density at radius 3 is 2.62 bits per heavy atom. The van der Waals surface area contributed by atoms with Crippen LogP contribution in [0.2, 0.25) is 0 Å². The predicted octanol–water partition coefficient (Wildman–Crippen LogP) is 5.34. The number of benzene rings is 3. The number of para-hydroxylation sites is 2. The fourth-order valence-electron chi connectivity index (χ4n) is 4.65. The Labute approximate surface area is 199 Å². The summed E-state index contributed by atoms with van der Waals surface area (Å²) in [7, 11) is 1.64. The van der Waals surface area contributed by atoms with E-state index in [9.17, 15) is 4.79 Å². The van der Waals surface area contributed by atoms with E-state index < -0.39 is 0 Å². The molecule has 0 spiro atoms. The molecular formula is C28H29N3O3. The second-order valence-corrected chi connectivity index (χ2v) is 8.73. The normalized spacial score (nSPS) is 15.8. The molecule has 1 atom stereocenters. The quantitative estimate of drug-likeness (QED) is 0.337. The molecule has 0 radical (unpaired) electrons. The van der Waals surface area contributed by atoms with Crippen LogP contribution in [0.25, 0.3) is 11.0 Å². The van der Waals surface area contributed by atoms with Crippen LogP contribution in [0, 0.1) is 6.92 Å². The first kappa shape index (κ1) is 22.0. The number of fused-ring (bicyclic) bond motifs is 1. The third-order valence-electron chi connectivity index (χ3n) is 6.34. The number of nitrogens with zero attached hydrogens (tertiary/aromatic N) is 3. The molecule has 0 bridgehead atoms. The predicted molar refractivity (Wildman–Crippen MR) is 134 cm³/mol. The highest BCUT2D eigenvalue weighted by Crippen LogP contribution is 2.34. The largest absolute Gasteiger partial charge is 0.497 e. The SMILES string of the molecule is COc1ccc(N2C[C@@H](c3nc4ccccc4n3CCCOc3cccc(C)c3)CC2=O)cc1. The van der Waals surface area contributed by atoms with Crippen LogP contribution in [0.4, 0.5) is 5.69 Å². The summed E-state index contributed by atoms with van der Waals surface area (Å²) in [5.41, 5.74) is 4.14. The monoisotopic (exact) mass is 455 g/mol. The lowest BCUT2D eigenvalue weighted by molar-refractivity contribution is -0.117. The number of hydrogen-bond donors (Lipinski definition) is 0. The van der Waals surface area contributed by atoms with Gasteiger partial charge in [-0.1, -0.05) is 24.3 Å². The van der Waals surface area contributed by atoms with E-state index in [-0.39, 0.29) is 11.8 Å². The smallest absolute Gasteiger partial charge is 0.227 e. The molecule has 6 nitrogen and oxygen atoms in total. The highest BCUT2D eigenvalue weighted by atomic mass is 16.5. The van der Waals surface area contributed by atoms with Gasteiger partial charge >= 0.3 is 0 Å². The highest BCUT2D eigenvalue weighted by Gasteiger charge is 2.34. The van der Waals surface area contributed by atoms with Crippen LogP contribution in [0.15, 0.2) is 72.8 Å². The van der Waals surface area contributed by atoms with E-state index in [1.54, 1.807) is 7.11 Å². The Morgan fingerprint density at radius 2 is 1.82 bits per heavy atom. The van der Waals surface area contributed by atoms with Crippen molar-refractivity contribution in [1.29, 1.82) is 0 Å². The summed E-state index contributed by atoms with van der Waals surface area (Å²) in [4.78, 5) is 19.7. The van der Waals surface area contributed by atoms with Gasteiger partial charge in [-0.25, -0.2) is 4.98 Å². The van der Waals surface area contributed by atoms with E-state index in [1.165, 1.54) is 5.56 Å². The van der Waals surface area contributed by atoms with Crippen LogP contribution in [0.3, 0.4) is 0 Å². The van der Waals surface area contributed by atoms with Gasteiger partial charge in [0.05, 0.1) is 24.8 Å². The zero-order valence-electron chi connectivity index (χ0n) is 19.6. The number of imidazole rings is 1. The molecule has 1 amide bonds. The van der Waals surface area contributed by atoms with Gasteiger partial charge in [-0.05, 0) is 67.4 Å². The minimum Gasteiger partial charge on any atom is -0.497 e. The number of amides is 1. The summed E-state index contributed by atoms with van der Waals surface area (Å²) >= 11 is 0. The standard InChI is InChI=1S/C28H29N3O3/c1-20-7-5-8-24(17-20)34-16-6-15-30-26-10-4-3-9-25(26)29-28(30)21-18-27(32)31(19-21)22-11-13-23(33-2)14-12-22/h3-5,7-14,17,21H,6,15-16,18-19H2,1-2H3/t21-/m0/s1. The molecule has 6 heteroatoms. The summed E-state index contributed by atoms with van der Waals surface area (Å²) in [5.74, 6) is 2.81. The molecule has 1 aromatic heterocycles. The second kappa shape index (κ2) is 9.59. The van der Waals surface area contributed by atoms with Crippen LogP contribution in [0.5, 0.6) is 11.5 Å². The topological polar surface area (TPSA) is 56.6 Å². The summed E-state index contributed by atoms with van der Waals surface area (Å²) < 4.78 is 13.5. The number of carbonyl (C=O) groups excluding carboxylic acids is 1. The number of rotatable bonds is 8. The summed E-state index contributed by atoms with van der Waals surface area (Å²) in [6.45, 7) is 4.09. The first-order valence-electron chi connectivity index (χ1n) is 11.7. The molecule has 34 heavy (non-hydrogen) atoms. The fraction of sp³-hybridized carbons (Fsp3) is 0.286. The molecule has 1 aliphatic heterocycles. The number of carbonyl (C=O) groups is 1. The molecule has 174 valence electrons. The molecule has 0 aliphatic carbocycles. The van der Waals surface area contributed by atoms with E-state index in [0.717, 1.165) is 47.0 Å². The zero-order valence-corrected chi connectivity index (χ0v) is 19.6. The molecule has 2 heterocycles. The molecule has 1 fully saturated rings. The third-order valence-corrected chi connectivity index (χ3v) is 6.34. The lowest BCUT2D eigenvalue weighted by Crippen LogP contribution is -2.24. The Bertz CT molecular complexity index is 1300. The van der Waals surface area contributed by atoms with Gasteiger partial charge < -0.3 is 18.9 Å². The first-order valence-corrected chi connectivity index (χ1v) is 11.7. The van der Waals surface area contributed by atoms with Gasteiger partial charge in [0.2, 0.25) is 5.91 Å². The molecule has 4 aromatic rings. The number of ether oxygens (including phenoxy) is 2. The molecule has 1 saturated heterocycles. The minimum absolute atomic E-state index is 0.0414.